The first kappa shape index (κ1) is 16.3. The van der Waals surface area contributed by atoms with Crippen LogP contribution in [0.15, 0.2) is 12.1 Å². The Hall–Kier alpha value is -0.730. The maximum atomic E-state index is 12.1. The highest BCUT2D eigenvalue weighted by Gasteiger charge is 2.19. The Morgan fingerprint density at radius 1 is 1.37 bits per heavy atom. The second-order valence-corrected chi connectivity index (χ2v) is 5.55. The second kappa shape index (κ2) is 7.76. The Morgan fingerprint density at radius 2 is 2.05 bits per heavy atom. The van der Waals surface area contributed by atoms with E-state index in [-0.39, 0.29) is 11.7 Å². The smallest absolute Gasteiger partial charge is 0.167 e. The third-order valence-corrected chi connectivity index (χ3v) is 3.18. The molecular formula is C15H20Cl2O2. The molecule has 0 aromatic heterocycles. The Kier molecular flexibility index (Phi) is 6.67. The lowest BCUT2D eigenvalue weighted by Crippen LogP contribution is -2.09. The van der Waals surface area contributed by atoms with Gasteiger partial charge < -0.3 is 4.74 Å². The zero-order valence-corrected chi connectivity index (χ0v) is 13.1. The highest BCUT2D eigenvalue weighted by Crippen LogP contribution is 2.34. The van der Waals surface area contributed by atoms with Gasteiger partial charge in [0, 0.05) is 17.3 Å². The van der Waals surface area contributed by atoms with E-state index in [9.17, 15) is 4.79 Å². The molecule has 0 radical (unpaired) electrons. The van der Waals surface area contributed by atoms with Crippen molar-refractivity contribution < 1.29 is 9.53 Å². The lowest BCUT2D eigenvalue weighted by Gasteiger charge is -2.18. The first-order chi connectivity index (χ1) is 9.01. The zero-order chi connectivity index (χ0) is 14.4. The van der Waals surface area contributed by atoms with E-state index in [4.69, 9.17) is 27.9 Å². The van der Waals surface area contributed by atoms with E-state index in [1.54, 1.807) is 6.07 Å². The van der Waals surface area contributed by atoms with Gasteiger partial charge in [0.25, 0.3) is 0 Å². The summed E-state index contributed by atoms with van der Waals surface area (Å²) in [5.41, 5.74) is 1.52. The zero-order valence-electron chi connectivity index (χ0n) is 11.6. The fourth-order valence-corrected chi connectivity index (χ4v) is 2.23. The molecule has 0 fully saturated rings. The molecule has 0 saturated carbocycles. The summed E-state index contributed by atoms with van der Waals surface area (Å²) in [4.78, 5) is 12.1. The molecule has 0 saturated heterocycles. The molecule has 0 N–H and O–H groups in total. The van der Waals surface area contributed by atoms with Crippen LogP contribution in [-0.4, -0.2) is 18.3 Å². The normalized spacial score (nSPS) is 10.8. The highest BCUT2D eigenvalue weighted by molar-refractivity contribution is 6.31. The predicted molar refractivity (Wildman–Crippen MR) is 81.0 cm³/mol. The van der Waals surface area contributed by atoms with Gasteiger partial charge in [-0.05, 0) is 30.0 Å². The monoisotopic (exact) mass is 302 g/mol. The molecule has 106 valence electrons. The number of benzene rings is 1. The molecule has 1 aromatic rings. The number of alkyl halides is 1. The van der Waals surface area contributed by atoms with Crippen molar-refractivity contribution >= 4 is 29.0 Å². The molecule has 1 rings (SSSR count). The summed E-state index contributed by atoms with van der Waals surface area (Å²) in [5, 5.41) is 0.561. The minimum absolute atomic E-state index is 0.0227. The van der Waals surface area contributed by atoms with Crippen molar-refractivity contribution in [3.63, 3.8) is 0 Å². The molecule has 0 aliphatic rings. The molecule has 1 aromatic carbocycles. The summed E-state index contributed by atoms with van der Waals surface area (Å²) in [6.45, 7) is 6.73. The van der Waals surface area contributed by atoms with Crippen molar-refractivity contribution in [2.24, 2.45) is 0 Å². The van der Waals surface area contributed by atoms with Gasteiger partial charge in [-0.1, -0.05) is 32.4 Å². The van der Waals surface area contributed by atoms with Gasteiger partial charge in [-0.15, -0.1) is 11.6 Å². The lowest BCUT2D eigenvalue weighted by molar-refractivity contribution is 0.0985. The summed E-state index contributed by atoms with van der Waals surface area (Å²) in [5.74, 6) is 1.19. The van der Waals surface area contributed by atoms with Crippen LogP contribution in [0.5, 0.6) is 5.75 Å². The molecule has 0 amide bonds. The lowest BCUT2D eigenvalue weighted by atomic mass is 9.96. The fourth-order valence-electron chi connectivity index (χ4n) is 1.84. The van der Waals surface area contributed by atoms with Crippen molar-refractivity contribution in [3.8, 4) is 5.75 Å². The van der Waals surface area contributed by atoms with Gasteiger partial charge in [0.05, 0.1) is 12.2 Å². The first-order valence-electron chi connectivity index (χ1n) is 6.56. The van der Waals surface area contributed by atoms with Gasteiger partial charge in [0.1, 0.15) is 5.75 Å². The fraction of sp³-hybridized carbons (Fsp3) is 0.533. The maximum Gasteiger partial charge on any atom is 0.167 e. The van der Waals surface area contributed by atoms with Gasteiger partial charge in [-0.25, -0.2) is 0 Å². The van der Waals surface area contributed by atoms with Crippen LogP contribution in [0.25, 0.3) is 0 Å². The maximum absolute atomic E-state index is 12.1. The van der Waals surface area contributed by atoms with E-state index in [1.807, 2.05) is 13.0 Å². The quantitative estimate of drug-likeness (QED) is 0.519. The number of carbonyl (C=O) groups is 1. The number of ketones is 1. The van der Waals surface area contributed by atoms with Crippen molar-refractivity contribution in [3.05, 3.63) is 28.3 Å². The molecule has 0 aliphatic heterocycles. The molecule has 2 nitrogen and oxygen atoms in total. The number of hydrogen-bond donors (Lipinski definition) is 0. The van der Waals surface area contributed by atoms with E-state index < -0.39 is 0 Å². The minimum Gasteiger partial charge on any atom is -0.493 e. The number of ether oxygens (including phenoxy) is 1. The minimum atomic E-state index is -0.0227. The van der Waals surface area contributed by atoms with Crippen LogP contribution in [0.4, 0.5) is 0 Å². The Balaban J connectivity index is 3.28. The van der Waals surface area contributed by atoms with Gasteiger partial charge in [0.2, 0.25) is 0 Å². The topological polar surface area (TPSA) is 26.3 Å². The van der Waals surface area contributed by atoms with E-state index in [2.05, 4.69) is 13.8 Å². The standard InChI is InChI=1S/C15H20Cl2O2/c1-4-7-19-15-12(10(2)3)8-11(17)9-13(15)14(18)5-6-16/h8-10H,4-7H2,1-3H3. The van der Waals surface area contributed by atoms with Crippen LogP contribution in [0.3, 0.4) is 0 Å². The number of Topliss-reactive ketones (excluding diaryl/α,β-unsaturated/α-hetero) is 1. The van der Waals surface area contributed by atoms with E-state index in [1.165, 1.54) is 0 Å². The summed E-state index contributed by atoms with van der Waals surface area (Å²) < 4.78 is 5.78. The molecule has 19 heavy (non-hydrogen) atoms. The average molecular weight is 303 g/mol. The van der Waals surface area contributed by atoms with Crippen LogP contribution in [0, 0.1) is 0 Å². The molecule has 0 spiro atoms. The van der Waals surface area contributed by atoms with Crippen molar-refractivity contribution in [2.75, 3.05) is 12.5 Å². The summed E-state index contributed by atoms with van der Waals surface area (Å²) in [6.07, 6.45) is 1.19. The van der Waals surface area contributed by atoms with Gasteiger partial charge in [-0.3, -0.25) is 4.79 Å². The molecule has 0 atom stereocenters. The van der Waals surface area contributed by atoms with Crippen molar-refractivity contribution in [1.82, 2.24) is 0 Å². The number of carbonyl (C=O) groups excluding carboxylic acids is 1. The second-order valence-electron chi connectivity index (χ2n) is 4.74. The van der Waals surface area contributed by atoms with Crippen LogP contribution in [-0.2, 0) is 0 Å². The van der Waals surface area contributed by atoms with Crippen LogP contribution in [0.2, 0.25) is 5.02 Å². The number of hydrogen-bond acceptors (Lipinski definition) is 2. The van der Waals surface area contributed by atoms with E-state index >= 15 is 0 Å². The molecule has 0 heterocycles. The van der Waals surface area contributed by atoms with Crippen molar-refractivity contribution in [1.29, 1.82) is 0 Å². The predicted octanol–water partition coefficient (Wildman–Crippen LogP) is 5.06. The molecule has 0 aliphatic carbocycles. The summed E-state index contributed by atoms with van der Waals surface area (Å²) >= 11 is 11.8. The van der Waals surface area contributed by atoms with Crippen LogP contribution >= 0.6 is 23.2 Å². The summed E-state index contributed by atoms with van der Waals surface area (Å²) in [6, 6.07) is 3.54. The number of halogens is 2. The molecule has 4 heteroatoms. The van der Waals surface area contributed by atoms with E-state index in [0.29, 0.717) is 35.2 Å². The molecular weight excluding hydrogens is 283 g/mol. The average Bonchev–Trinajstić information content (AvgIpc) is 2.36. The summed E-state index contributed by atoms with van der Waals surface area (Å²) in [7, 11) is 0. The molecule has 0 bridgehead atoms. The third-order valence-electron chi connectivity index (χ3n) is 2.78. The Morgan fingerprint density at radius 3 is 2.58 bits per heavy atom. The van der Waals surface area contributed by atoms with Gasteiger partial charge >= 0.3 is 0 Å². The Bertz CT molecular complexity index is 442. The SMILES string of the molecule is CCCOc1c(C(=O)CCCl)cc(Cl)cc1C(C)C. The van der Waals surface area contributed by atoms with Crippen molar-refractivity contribution in [2.45, 2.75) is 39.5 Å². The van der Waals surface area contributed by atoms with Crippen LogP contribution < -0.4 is 4.74 Å². The highest BCUT2D eigenvalue weighted by atomic mass is 35.5. The molecule has 0 unspecified atom stereocenters. The number of rotatable bonds is 7. The van der Waals surface area contributed by atoms with Gasteiger partial charge in [0.15, 0.2) is 5.78 Å². The largest absolute Gasteiger partial charge is 0.493 e. The first-order valence-corrected chi connectivity index (χ1v) is 7.47. The van der Waals surface area contributed by atoms with E-state index in [0.717, 1.165) is 12.0 Å². The Labute approximate surface area is 125 Å². The third kappa shape index (κ3) is 4.39. The van der Waals surface area contributed by atoms with Crippen LogP contribution in [0.1, 0.15) is 55.5 Å². The van der Waals surface area contributed by atoms with Gasteiger partial charge in [-0.2, -0.15) is 0 Å².